The van der Waals surface area contributed by atoms with E-state index in [0.29, 0.717) is 0 Å². The maximum absolute atomic E-state index is 11.3. The van der Waals surface area contributed by atoms with E-state index >= 15 is 0 Å². The number of rotatable bonds is 5. The Morgan fingerprint density at radius 3 is 2.54 bits per heavy atom. The number of hydrogen-bond acceptors (Lipinski definition) is 3. The molecule has 0 aliphatic heterocycles. The van der Waals surface area contributed by atoms with Crippen molar-refractivity contribution in [2.45, 2.75) is 38.8 Å². The number of aliphatic hydroxyl groups is 1. The van der Waals surface area contributed by atoms with Gasteiger partial charge in [-0.2, -0.15) is 11.8 Å². The van der Waals surface area contributed by atoms with Gasteiger partial charge in [0.1, 0.15) is 5.60 Å². The predicted molar refractivity (Wildman–Crippen MR) is 56.9 cm³/mol. The van der Waals surface area contributed by atoms with Gasteiger partial charge in [0.2, 0.25) is 0 Å². The SMILES string of the molecule is CSCCC(C)NC(=O)C(C)(C)O. The number of hydrogen-bond donors (Lipinski definition) is 2. The molecule has 0 saturated heterocycles. The van der Waals surface area contributed by atoms with Crippen molar-refractivity contribution >= 4 is 17.7 Å². The van der Waals surface area contributed by atoms with Crippen LogP contribution in [0.1, 0.15) is 27.2 Å². The molecule has 2 N–H and O–H groups in total. The molecular weight excluding hydrogens is 186 g/mol. The standard InChI is InChI=1S/C9H19NO2S/c1-7(5-6-13-4)10-8(11)9(2,3)12/h7,12H,5-6H2,1-4H3,(H,10,11). The lowest BCUT2D eigenvalue weighted by atomic mass is 10.1. The van der Waals surface area contributed by atoms with Crippen LogP contribution >= 0.6 is 11.8 Å². The van der Waals surface area contributed by atoms with Gasteiger partial charge < -0.3 is 10.4 Å². The van der Waals surface area contributed by atoms with Crippen molar-refractivity contribution < 1.29 is 9.90 Å². The van der Waals surface area contributed by atoms with E-state index in [-0.39, 0.29) is 11.9 Å². The first-order chi connectivity index (χ1) is 5.88. The number of amides is 1. The lowest BCUT2D eigenvalue weighted by Crippen LogP contribution is -2.45. The fourth-order valence-electron chi connectivity index (χ4n) is 0.767. The van der Waals surface area contributed by atoms with Crippen molar-refractivity contribution in [1.82, 2.24) is 5.32 Å². The molecule has 0 saturated carbocycles. The molecule has 78 valence electrons. The molecule has 1 unspecified atom stereocenters. The summed E-state index contributed by atoms with van der Waals surface area (Å²) in [4.78, 5) is 11.3. The summed E-state index contributed by atoms with van der Waals surface area (Å²) in [5.41, 5.74) is -1.27. The summed E-state index contributed by atoms with van der Waals surface area (Å²) in [6.45, 7) is 4.92. The monoisotopic (exact) mass is 205 g/mol. The Kier molecular flexibility index (Phi) is 5.40. The smallest absolute Gasteiger partial charge is 0.251 e. The second-order valence-corrected chi connectivity index (χ2v) is 4.70. The lowest BCUT2D eigenvalue weighted by Gasteiger charge is -2.20. The molecular formula is C9H19NO2S. The zero-order valence-electron chi connectivity index (χ0n) is 8.76. The molecule has 0 aromatic rings. The van der Waals surface area contributed by atoms with Crippen molar-refractivity contribution in [3.63, 3.8) is 0 Å². The molecule has 0 aromatic carbocycles. The van der Waals surface area contributed by atoms with Crippen molar-refractivity contribution in [1.29, 1.82) is 0 Å². The minimum absolute atomic E-state index is 0.131. The molecule has 4 heteroatoms. The molecule has 0 rings (SSSR count). The maximum atomic E-state index is 11.3. The summed E-state index contributed by atoms with van der Waals surface area (Å²) in [6, 6.07) is 0.131. The van der Waals surface area contributed by atoms with Crippen molar-refractivity contribution in [2.24, 2.45) is 0 Å². The van der Waals surface area contributed by atoms with E-state index in [1.165, 1.54) is 13.8 Å². The largest absolute Gasteiger partial charge is 0.381 e. The first-order valence-electron chi connectivity index (χ1n) is 4.40. The third-order valence-electron chi connectivity index (χ3n) is 1.69. The van der Waals surface area contributed by atoms with Crippen LogP contribution in [0.25, 0.3) is 0 Å². The zero-order valence-corrected chi connectivity index (χ0v) is 9.57. The van der Waals surface area contributed by atoms with E-state index in [0.717, 1.165) is 12.2 Å². The number of thioether (sulfide) groups is 1. The Morgan fingerprint density at radius 2 is 2.15 bits per heavy atom. The van der Waals surface area contributed by atoms with Crippen LogP contribution in [-0.2, 0) is 4.79 Å². The van der Waals surface area contributed by atoms with E-state index in [4.69, 9.17) is 0 Å². The Labute approximate surface area is 84.3 Å². The Bertz CT molecular complexity index is 165. The van der Waals surface area contributed by atoms with Crippen LogP contribution in [0.3, 0.4) is 0 Å². The van der Waals surface area contributed by atoms with E-state index in [1.807, 2.05) is 13.2 Å². The van der Waals surface area contributed by atoms with Crippen molar-refractivity contribution in [2.75, 3.05) is 12.0 Å². The average molecular weight is 205 g/mol. The van der Waals surface area contributed by atoms with E-state index in [9.17, 15) is 9.90 Å². The second kappa shape index (κ2) is 5.50. The van der Waals surface area contributed by atoms with Gasteiger partial charge >= 0.3 is 0 Å². The molecule has 0 spiro atoms. The quantitative estimate of drug-likeness (QED) is 0.704. The first-order valence-corrected chi connectivity index (χ1v) is 5.79. The summed E-state index contributed by atoms with van der Waals surface area (Å²) in [6.07, 6.45) is 2.97. The summed E-state index contributed by atoms with van der Waals surface area (Å²) < 4.78 is 0. The average Bonchev–Trinajstić information content (AvgIpc) is 1.99. The molecule has 3 nitrogen and oxygen atoms in total. The summed E-state index contributed by atoms with van der Waals surface area (Å²) in [5.74, 6) is 0.717. The lowest BCUT2D eigenvalue weighted by molar-refractivity contribution is -0.137. The van der Waals surface area contributed by atoms with Crippen LogP contribution in [0, 0.1) is 0 Å². The molecule has 1 atom stereocenters. The molecule has 0 aromatic heterocycles. The second-order valence-electron chi connectivity index (χ2n) is 3.72. The van der Waals surface area contributed by atoms with Gasteiger partial charge in [-0.15, -0.1) is 0 Å². The summed E-state index contributed by atoms with van der Waals surface area (Å²) in [7, 11) is 0. The molecule has 13 heavy (non-hydrogen) atoms. The minimum Gasteiger partial charge on any atom is -0.381 e. The third kappa shape index (κ3) is 5.93. The van der Waals surface area contributed by atoms with Crippen molar-refractivity contribution in [3.05, 3.63) is 0 Å². The topological polar surface area (TPSA) is 49.3 Å². The summed E-state index contributed by atoms with van der Waals surface area (Å²) in [5, 5.41) is 12.1. The van der Waals surface area contributed by atoms with Gasteiger partial charge in [-0.05, 0) is 39.2 Å². The fraction of sp³-hybridized carbons (Fsp3) is 0.889. The van der Waals surface area contributed by atoms with Gasteiger partial charge in [0.15, 0.2) is 0 Å². The molecule has 0 heterocycles. The number of carbonyl (C=O) groups is 1. The van der Waals surface area contributed by atoms with Gasteiger partial charge in [-0.1, -0.05) is 0 Å². The predicted octanol–water partition coefficient (Wildman–Crippen LogP) is 1.02. The Balaban J connectivity index is 3.79. The van der Waals surface area contributed by atoms with Crippen LogP contribution in [0.4, 0.5) is 0 Å². The molecule has 0 aliphatic rings. The van der Waals surface area contributed by atoms with Gasteiger partial charge in [0.05, 0.1) is 0 Å². The van der Waals surface area contributed by atoms with E-state index in [2.05, 4.69) is 5.32 Å². The van der Waals surface area contributed by atoms with Crippen LogP contribution in [0.2, 0.25) is 0 Å². The van der Waals surface area contributed by atoms with Crippen LogP contribution in [0.5, 0.6) is 0 Å². The maximum Gasteiger partial charge on any atom is 0.251 e. The fourth-order valence-corrected chi connectivity index (χ4v) is 1.36. The highest BCUT2D eigenvalue weighted by Crippen LogP contribution is 2.04. The Morgan fingerprint density at radius 1 is 1.62 bits per heavy atom. The highest BCUT2D eigenvalue weighted by molar-refractivity contribution is 7.98. The van der Waals surface area contributed by atoms with Crippen LogP contribution < -0.4 is 5.32 Å². The molecule has 0 bridgehead atoms. The van der Waals surface area contributed by atoms with Crippen LogP contribution in [0.15, 0.2) is 0 Å². The zero-order chi connectivity index (χ0) is 10.5. The third-order valence-corrected chi connectivity index (χ3v) is 2.33. The summed E-state index contributed by atoms with van der Waals surface area (Å²) >= 11 is 1.75. The molecule has 1 amide bonds. The number of carbonyl (C=O) groups excluding carboxylic acids is 1. The number of nitrogens with one attached hydrogen (secondary N) is 1. The normalized spacial score (nSPS) is 13.9. The van der Waals surface area contributed by atoms with Gasteiger partial charge in [0, 0.05) is 6.04 Å². The first kappa shape index (κ1) is 12.8. The molecule has 0 radical (unpaired) electrons. The van der Waals surface area contributed by atoms with Crippen molar-refractivity contribution in [3.8, 4) is 0 Å². The molecule has 0 fully saturated rings. The minimum atomic E-state index is -1.27. The van der Waals surface area contributed by atoms with E-state index < -0.39 is 5.60 Å². The van der Waals surface area contributed by atoms with E-state index in [1.54, 1.807) is 11.8 Å². The Hall–Kier alpha value is -0.220. The van der Waals surface area contributed by atoms with Gasteiger partial charge in [-0.3, -0.25) is 4.79 Å². The highest BCUT2D eigenvalue weighted by Gasteiger charge is 2.24. The van der Waals surface area contributed by atoms with Gasteiger partial charge in [-0.25, -0.2) is 0 Å². The molecule has 0 aliphatic carbocycles. The highest BCUT2D eigenvalue weighted by atomic mass is 32.2. The van der Waals surface area contributed by atoms with Gasteiger partial charge in [0.25, 0.3) is 5.91 Å². The van der Waals surface area contributed by atoms with Crippen LogP contribution in [-0.4, -0.2) is 34.7 Å².